The van der Waals surface area contributed by atoms with Gasteiger partial charge in [0.25, 0.3) is 11.5 Å². The number of amides is 3. The molecule has 0 spiro atoms. The van der Waals surface area contributed by atoms with Crippen molar-refractivity contribution in [3.05, 3.63) is 93.3 Å². The van der Waals surface area contributed by atoms with E-state index in [0.717, 1.165) is 4.57 Å². The Morgan fingerprint density at radius 3 is 2.15 bits per heavy atom. The molecule has 10 heteroatoms. The van der Waals surface area contributed by atoms with E-state index in [1.165, 1.54) is 30.9 Å². The Labute approximate surface area is 187 Å². The summed E-state index contributed by atoms with van der Waals surface area (Å²) in [4.78, 5) is 53.6. The summed E-state index contributed by atoms with van der Waals surface area (Å²) in [6, 6.07) is 16.6. The van der Waals surface area contributed by atoms with Crippen LogP contribution in [0.15, 0.2) is 76.4 Å². The molecule has 0 unspecified atom stereocenters. The van der Waals surface area contributed by atoms with Crippen LogP contribution in [-0.4, -0.2) is 26.1 Å². The zero-order valence-electron chi connectivity index (χ0n) is 17.8. The van der Waals surface area contributed by atoms with E-state index in [1.54, 1.807) is 36.4 Å². The minimum Gasteiger partial charge on any atom is -0.322 e. The summed E-state index contributed by atoms with van der Waals surface area (Å²) >= 11 is 0. The van der Waals surface area contributed by atoms with Gasteiger partial charge >= 0.3 is 11.7 Å². The second kappa shape index (κ2) is 8.79. The average Bonchev–Trinajstić information content (AvgIpc) is 2.81. The molecule has 4 aromatic rings. The lowest BCUT2D eigenvalue weighted by molar-refractivity contribution is 0.102. The lowest BCUT2D eigenvalue weighted by Gasteiger charge is -2.11. The smallest absolute Gasteiger partial charge is 0.322 e. The molecule has 2 aromatic heterocycles. The number of fused-ring (bicyclic) bond motifs is 1. The van der Waals surface area contributed by atoms with E-state index in [2.05, 4.69) is 20.9 Å². The third-order valence-electron chi connectivity index (χ3n) is 4.97. The first-order chi connectivity index (χ1) is 15.8. The first kappa shape index (κ1) is 21.5. The normalized spacial score (nSPS) is 10.6. The van der Waals surface area contributed by atoms with Crippen LogP contribution < -0.4 is 27.2 Å². The van der Waals surface area contributed by atoms with Crippen molar-refractivity contribution in [3.63, 3.8) is 0 Å². The molecule has 4 rings (SSSR count). The number of carbonyl (C=O) groups excluding carboxylic acids is 2. The molecule has 10 nitrogen and oxygen atoms in total. The molecule has 0 aliphatic rings. The van der Waals surface area contributed by atoms with Gasteiger partial charge in [-0.25, -0.2) is 14.6 Å². The number of pyridine rings is 1. The lowest BCUT2D eigenvalue weighted by atomic mass is 10.2. The van der Waals surface area contributed by atoms with Gasteiger partial charge in [0.15, 0.2) is 0 Å². The Morgan fingerprint density at radius 2 is 1.42 bits per heavy atom. The van der Waals surface area contributed by atoms with Gasteiger partial charge in [0.05, 0.1) is 10.9 Å². The van der Waals surface area contributed by atoms with E-state index < -0.39 is 23.2 Å². The minimum atomic E-state index is -0.536. The van der Waals surface area contributed by atoms with E-state index in [0.29, 0.717) is 17.1 Å². The van der Waals surface area contributed by atoms with Crippen molar-refractivity contribution in [3.8, 4) is 0 Å². The van der Waals surface area contributed by atoms with Crippen LogP contribution in [0.3, 0.4) is 0 Å². The van der Waals surface area contributed by atoms with Gasteiger partial charge in [-0.2, -0.15) is 0 Å². The van der Waals surface area contributed by atoms with E-state index in [9.17, 15) is 19.2 Å². The van der Waals surface area contributed by atoms with Gasteiger partial charge in [-0.1, -0.05) is 24.3 Å². The predicted molar refractivity (Wildman–Crippen MR) is 126 cm³/mol. The standard InChI is InChI=1S/C23H20N6O4/c1-28-19-18(21(31)29(2)23(28)33)11-14(13-24-19)20(30)25-16-9-6-10-17(12-16)27-22(32)26-15-7-4-3-5-8-15/h3-13H,1-2H3,(H,25,30)(H2,26,27,32). The highest BCUT2D eigenvalue weighted by Gasteiger charge is 2.14. The maximum Gasteiger partial charge on any atom is 0.332 e. The van der Waals surface area contributed by atoms with Gasteiger partial charge in [-0.05, 0) is 36.4 Å². The number of benzene rings is 2. The number of para-hydroxylation sites is 1. The van der Waals surface area contributed by atoms with Crippen molar-refractivity contribution >= 4 is 40.0 Å². The number of aromatic nitrogens is 3. The summed E-state index contributed by atoms with van der Waals surface area (Å²) in [6.45, 7) is 0. The van der Waals surface area contributed by atoms with Crippen LogP contribution in [0.25, 0.3) is 11.0 Å². The third kappa shape index (κ3) is 4.49. The molecular weight excluding hydrogens is 424 g/mol. The Hall–Kier alpha value is -4.73. The molecule has 33 heavy (non-hydrogen) atoms. The van der Waals surface area contributed by atoms with Crippen LogP contribution in [0.4, 0.5) is 21.9 Å². The van der Waals surface area contributed by atoms with Crippen molar-refractivity contribution in [2.45, 2.75) is 0 Å². The predicted octanol–water partition coefficient (Wildman–Crippen LogP) is 2.53. The van der Waals surface area contributed by atoms with Crippen molar-refractivity contribution in [2.24, 2.45) is 14.1 Å². The van der Waals surface area contributed by atoms with Crippen LogP contribution in [0.1, 0.15) is 10.4 Å². The number of hydrogen-bond acceptors (Lipinski definition) is 5. The topological polar surface area (TPSA) is 127 Å². The molecule has 3 amide bonds. The quantitative estimate of drug-likeness (QED) is 0.446. The Balaban J connectivity index is 1.52. The van der Waals surface area contributed by atoms with Crippen molar-refractivity contribution < 1.29 is 9.59 Å². The Bertz CT molecular complexity index is 1490. The van der Waals surface area contributed by atoms with Crippen molar-refractivity contribution in [1.82, 2.24) is 14.1 Å². The summed E-state index contributed by atoms with van der Waals surface area (Å²) in [5, 5.41) is 8.28. The molecule has 2 aromatic carbocycles. The fourth-order valence-electron chi connectivity index (χ4n) is 3.28. The second-order valence-corrected chi connectivity index (χ2v) is 7.28. The van der Waals surface area contributed by atoms with Crippen LogP contribution in [0, 0.1) is 0 Å². The number of aryl methyl sites for hydroxylation is 1. The van der Waals surface area contributed by atoms with Crippen LogP contribution >= 0.6 is 0 Å². The second-order valence-electron chi connectivity index (χ2n) is 7.28. The number of carbonyl (C=O) groups is 2. The number of nitrogens with one attached hydrogen (secondary N) is 3. The molecule has 0 saturated heterocycles. The highest BCUT2D eigenvalue weighted by molar-refractivity contribution is 6.06. The molecule has 3 N–H and O–H groups in total. The molecule has 0 atom stereocenters. The van der Waals surface area contributed by atoms with Crippen LogP contribution in [0.5, 0.6) is 0 Å². The SMILES string of the molecule is Cn1c(=O)c2cc(C(=O)Nc3cccc(NC(=O)Nc4ccccc4)c3)cnc2n(C)c1=O. The van der Waals surface area contributed by atoms with E-state index in [4.69, 9.17) is 0 Å². The molecule has 0 saturated carbocycles. The summed E-state index contributed by atoms with van der Waals surface area (Å²) in [5.41, 5.74) is 0.858. The third-order valence-corrected chi connectivity index (χ3v) is 4.97. The molecule has 0 radical (unpaired) electrons. The van der Waals surface area contributed by atoms with Gasteiger partial charge in [0.2, 0.25) is 0 Å². The minimum absolute atomic E-state index is 0.151. The van der Waals surface area contributed by atoms with Crippen LogP contribution in [-0.2, 0) is 14.1 Å². The zero-order chi connectivity index (χ0) is 23.5. The van der Waals surface area contributed by atoms with Gasteiger partial charge in [0, 0.05) is 37.4 Å². The number of hydrogen-bond donors (Lipinski definition) is 3. The Kier molecular flexibility index (Phi) is 5.73. The number of urea groups is 1. The number of nitrogens with zero attached hydrogens (tertiary/aromatic N) is 3. The molecule has 0 aliphatic heterocycles. The molecule has 166 valence electrons. The fraction of sp³-hybridized carbons (Fsp3) is 0.0870. The van der Waals surface area contributed by atoms with Gasteiger partial charge < -0.3 is 16.0 Å². The lowest BCUT2D eigenvalue weighted by Crippen LogP contribution is -2.37. The van der Waals surface area contributed by atoms with Gasteiger partial charge in [-0.3, -0.25) is 18.7 Å². The summed E-state index contributed by atoms with van der Waals surface area (Å²) in [6.07, 6.45) is 1.30. The average molecular weight is 444 g/mol. The van der Waals surface area contributed by atoms with Crippen LogP contribution in [0.2, 0.25) is 0 Å². The van der Waals surface area contributed by atoms with Crippen molar-refractivity contribution in [2.75, 3.05) is 16.0 Å². The highest BCUT2D eigenvalue weighted by Crippen LogP contribution is 2.17. The Morgan fingerprint density at radius 1 is 0.788 bits per heavy atom. The highest BCUT2D eigenvalue weighted by atomic mass is 16.2. The van der Waals surface area contributed by atoms with Crippen molar-refractivity contribution in [1.29, 1.82) is 0 Å². The van der Waals surface area contributed by atoms with E-state index >= 15 is 0 Å². The summed E-state index contributed by atoms with van der Waals surface area (Å²) in [5.74, 6) is -0.494. The molecule has 2 heterocycles. The molecule has 0 bridgehead atoms. The maximum atomic E-state index is 12.8. The van der Waals surface area contributed by atoms with E-state index in [-0.39, 0.29) is 16.6 Å². The summed E-state index contributed by atoms with van der Waals surface area (Å²) < 4.78 is 2.20. The first-order valence-corrected chi connectivity index (χ1v) is 9.94. The molecule has 0 fully saturated rings. The first-order valence-electron chi connectivity index (χ1n) is 9.94. The fourth-order valence-corrected chi connectivity index (χ4v) is 3.28. The largest absolute Gasteiger partial charge is 0.332 e. The monoisotopic (exact) mass is 444 g/mol. The zero-order valence-corrected chi connectivity index (χ0v) is 17.8. The van der Waals surface area contributed by atoms with Gasteiger partial charge in [-0.15, -0.1) is 0 Å². The maximum absolute atomic E-state index is 12.8. The summed E-state index contributed by atoms with van der Waals surface area (Å²) in [7, 11) is 2.87. The van der Waals surface area contributed by atoms with E-state index in [1.807, 2.05) is 18.2 Å². The number of rotatable bonds is 4. The molecule has 0 aliphatic carbocycles. The molecular formula is C23H20N6O4. The number of anilines is 3. The van der Waals surface area contributed by atoms with Gasteiger partial charge in [0.1, 0.15) is 5.65 Å².